The minimum absolute atomic E-state index is 0.194. The fraction of sp³-hybridized carbons (Fsp3) is 0.375. The van der Waals surface area contributed by atoms with Gasteiger partial charge in [-0.2, -0.15) is 0 Å². The molecule has 1 fully saturated rings. The Hall–Kier alpha value is -2.12. The van der Waals surface area contributed by atoms with Crippen LogP contribution in [0.3, 0.4) is 0 Å². The van der Waals surface area contributed by atoms with Gasteiger partial charge in [0.1, 0.15) is 12.4 Å². The second-order valence-corrected chi connectivity index (χ2v) is 6.19. The Morgan fingerprint density at radius 1 is 1.52 bits per heavy atom. The van der Waals surface area contributed by atoms with Gasteiger partial charge in [0.15, 0.2) is 0 Å². The van der Waals surface area contributed by atoms with Crippen molar-refractivity contribution in [2.24, 2.45) is 0 Å². The highest BCUT2D eigenvalue weighted by Gasteiger charge is 2.22. The number of rotatable bonds is 4. The van der Waals surface area contributed by atoms with Crippen molar-refractivity contribution in [2.75, 3.05) is 18.4 Å². The molecule has 1 atom stereocenters. The number of carbonyl (C=O) groups excluding carboxylic acids is 1. The van der Waals surface area contributed by atoms with E-state index in [2.05, 4.69) is 10.3 Å². The molecule has 1 aliphatic heterocycles. The van der Waals surface area contributed by atoms with Crippen molar-refractivity contribution in [3.63, 3.8) is 0 Å². The number of piperidine rings is 1. The Morgan fingerprint density at radius 2 is 2.43 bits per heavy atom. The summed E-state index contributed by atoms with van der Waals surface area (Å²) in [7, 11) is 0. The average molecular weight is 333 g/mol. The van der Waals surface area contributed by atoms with E-state index in [9.17, 15) is 9.90 Å². The van der Waals surface area contributed by atoms with Crippen molar-refractivity contribution in [3.05, 3.63) is 40.8 Å². The molecule has 2 heterocycles. The second kappa shape index (κ2) is 7.43. The van der Waals surface area contributed by atoms with E-state index in [1.165, 1.54) is 11.3 Å². The normalized spacial score (nSPS) is 17.8. The third kappa shape index (κ3) is 4.43. The molecule has 0 spiro atoms. The molecule has 6 nitrogen and oxygen atoms in total. The number of aliphatic hydroxyl groups is 1. The molecule has 1 aliphatic rings. The van der Waals surface area contributed by atoms with E-state index in [1.807, 2.05) is 23.6 Å². The number of nitrogens with one attached hydrogen (secondary N) is 1. The van der Waals surface area contributed by atoms with Crippen molar-refractivity contribution in [2.45, 2.75) is 25.6 Å². The van der Waals surface area contributed by atoms with E-state index < -0.39 is 6.10 Å². The summed E-state index contributed by atoms with van der Waals surface area (Å²) in [5.74, 6) is 0.675. The molecule has 2 aromatic rings. The summed E-state index contributed by atoms with van der Waals surface area (Å²) < 4.78 is 5.67. The summed E-state index contributed by atoms with van der Waals surface area (Å²) in [5.41, 5.74) is 3.32. The van der Waals surface area contributed by atoms with Gasteiger partial charge < -0.3 is 20.1 Å². The summed E-state index contributed by atoms with van der Waals surface area (Å²) in [6.45, 7) is 1.45. The highest BCUT2D eigenvalue weighted by atomic mass is 32.1. The van der Waals surface area contributed by atoms with Gasteiger partial charge in [0.05, 0.1) is 17.3 Å². The summed E-state index contributed by atoms with van der Waals surface area (Å²) in [6.07, 6.45) is 1.15. The number of benzene rings is 1. The molecule has 2 N–H and O–H groups in total. The zero-order valence-corrected chi connectivity index (χ0v) is 13.5. The highest BCUT2D eigenvalue weighted by Crippen LogP contribution is 2.20. The van der Waals surface area contributed by atoms with Crippen LogP contribution in [-0.4, -0.2) is 40.2 Å². The number of thiazole rings is 1. The van der Waals surface area contributed by atoms with Crippen LogP contribution in [-0.2, 0) is 6.61 Å². The maximum absolute atomic E-state index is 12.2. The number of aliphatic hydroxyl groups excluding tert-OH is 1. The fourth-order valence-corrected chi connectivity index (χ4v) is 3.01. The van der Waals surface area contributed by atoms with Gasteiger partial charge in [-0.15, -0.1) is 11.3 Å². The van der Waals surface area contributed by atoms with E-state index in [1.54, 1.807) is 16.5 Å². The maximum Gasteiger partial charge on any atom is 0.321 e. The molecule has 2 amide bonds. The third-order valence-electron chi connectivity index (χ3n) is 3.64. The first kappa shape index (κ1) is 15.8. The minimum atomic E-state index is -0.428. The van der Waals surface area contributed by atoms with Crippen LogP contribution in [0.2, 0.25) is 0 Å². The van der Waals surface area contributed by atoms with Crippen LogP contribution in [0.25, 0.3) is 0 Å². The highest BCUT2D eigenvalue weighted by molar-refractivity contribution is 7.07. The van der Waals surface area contributed by atoms with Crippen LogP contribution in [0, 0.1) is 0 Å². The molecular weight excluding hydrogens is 314 g/mol. The number of hydrogen-bond acceptors (Lipinski definition) is 5. The van der Waals surface area contributed by atoms with Crippen LogP contribution >= 0.6 is 11.3 Å². The Balaban J connectivity index is 1.57. The summed E-state index contributed by atoms with van der Waals surface area (Å²) in [6, 6.07) is 7.07. The molecule has 1 aromatic carbocycles. The maximum atomic E-state index is 12.2. The number of hydrogen-bond donors (Lipinski definition) is 2. The Bertz CT molecular complexity index is 648. The molecule has 7 heteroatoms. The second-order valence-electron chi connectivity index (χ2n) is 5.47. The van der Waals surface area contributed by atoms with Gasteiger partial charge in [-0.3, -0.25) is 0 Å². The molecule has 0 aliphatic carbocycles. The van der Waals surface area contributed by atoms with Gasteiger partial charge >= 0.3 is 6.03 Å². The molecular formula is C16H19N3O3S. The number of urea groups is 1. The Kier molecular flexibility index (Phi) is 5.09. The number of nitrogens with zero attached hydrogens (tertiary/aromatic N) is 2. The van der Waals surface area contributed by atoms with Gasteiger partial charge in [-0.05, 0) is 25.0 Å². The number of likely N-dealkylation sites (tertiary alicyclic amines) is 1. The minimum Gasteiger partial charge on any atom is -0.487 e. The van der Waals surface area contributed by atoms with Gasteiger partial charge in [-0.1, -0.05) is 6.07 Å². The number of β-amino-alcohol motifs (C(OH)–C–C–N with tert-alkyl or cyclic N) is 1. The van der Waals surface area contributed by atoms with Crippen molar-refractivity contribution in [3.8, 4) is 5.75 Å². The lowest BCUT2D eigenvalue weighted by atomic mass is 10.1. The van der Waals surface area contributed by atoms with Gasteiger partial charge in [0, 0.05) is 30.2 Å². The lowest BCUT2D eigenvalue weighted by Crippen LogP contribution is -2.44. The molecule has 3 rings (SSSR count). The topological polar surface area (TPSA) is 74.7 Å². The van der Waals surface area contributed by atoms with Gasteiger partial charge in [0.2, 0.25) is 0 Å². The lowest BCUT2D eigenvalue weighted by Gasteiger charge is -2.30. The summed E-state index contributed by atoms with van der Waals surface area (Å²) in [5, 5.41) is 14.4. The lowest BCUT2D eigenvalue weighted by molar-refractivity contribution is 0.0883. The smallest absolute Gasteiger partial charge is 0.321 e. The monoisotopic (exact) mass is 333 g/mol. The zero-order chi connectivity index (χ0) is 16.1. The van der Waals surface area contributed by atoms with Crippen molar-refractivity contribution < 1.29 is 14.6 Å². The number of carbonyl (C=O) groups is 1. The molecule has 0 unspecified atom stereocenters. The molecule has 122 valence electrons. The van der Waals surface area contributed by atoms with Gasteiger partial charge in [-0.25, -0.2) is 9.78 Å². The number of anilines is 1. The van der Waals surface area contributed by atoms with Crippen molar-refractivity contribution >= 4 is 23.1 Å². The van der Waals surface area contributed by atoms with E-state index >= 15 is 0 Å². The van der Waals surface area contributed by atoms with Gasteiger partial charge in [0.25, 0.3) is 0 Å². The van der Waals surface area contributed by atoms with E-state index in [4.69, 9.17) is 4.74 Å². The SMILES string of the molecule is O=C(Nc1cccc(OCc2cscn2)c1)N1CCC[C@H](O)C1. The van der Waals surface area contributed by atoms with Crippen LogP contribution in [0.1, 0.15) is 18.5 Å². The quantitative estimate of drug-likeness (QED) is 0.902. The van der Waals surface area contributed by atoms with E-state index in [-0.39, 0.29) is 6.03 Å². The standard InChI is InChI=1S/C16H19N3O3S/c20-14-4-2-6-19(8-14)16(21)18-12-3-1-5-15(7-12)22-9-13-10-23-11-17-13/h1,3,5,7,10-11,14,20H,2,4,6,8-9H2,(H,18,21)/t14-/m0/s1. The van der Waals surface area contributed by atoms with Crippen molar-refractivity contribution in [1.82, 2.24) is 9.88 Å². The number of aromatic nitrogens is 1. The van der Waals surface area contributed by atoms with Crippen LogP contribution in [0.5, 0.6) is 5.75 Å². The third-order valence-corrected chi connectivity index (χ3v) is 4.27. The summed E-state index contributed by atoms with van der Waals surface area (Å²) in [4.78, 5) is 18.0. The Morgan fingerprint density at radius 3 is 3.22 bits per heavy atom. The molecule has 1 saturated heterocycles. The largest absolute Gasteiger partial charge is 0.487 e. The van der Waals surface area contributed by atoms with Crippen LogP contribution in [0.4, 0.5) is 10.5 Å². The van der Waals surface area contributed by atoms with Crippen LogP contribution in [0.15, 0.2) is 35.2 Å². The first-order valence-corrected chi connectivity index (χ1v) is 8.49. The zero-order valence-electron chi connectivity index (χ0n) is 12.6. The van der Waals surface area contributed by atoms with Crippen molar-refractivity contribution in [1.29, 1.82) is 0 Å². The number of amides is 2. The Labute approximate surface area is 138 Å². The molecule has 0 saturated carbocycles. The number of ether oxygens (including phenoxy) is 1. The first-order chi connectivity index (χ1) is 11.2. The molecule has 0 bridgehead atoms. The molecule has 1 aromatic heterocycles. The molecule has 0 radical (unpaired) electrons. The predicted molar refractivity (Wildman–Crippen MR) is 88.7 cm³/mol. The first-order valence-electron chi connectivity index (χ1n) is 7.54. The summed E-state index contributed by atoms with van der Waals surface area (Å²) >= 11 is 1.53. The average Bonchev–Trinajstić information content (AvgIpc) is 3.07. The van der Waals surface area contributed by atoms with Crippen LogP contribution < -0.4 is 10.1 Å². The fourth-order valence-electron chi connectivity index (χ4n) is 2.47. The van der Waals surface area contributed by atoms with E-state index in [0.717, 1.165) is 18.5 Å². The van der Waals surface area contributed by atoms with E-state index in [0.29, 0.717) is 31.1 Å². The predicted octanol–water partition coefficient (Wildman–Crippen LogP) is 2.71. The molecule has 23 heavy (non-hydrogen) atoms.